The Labute approximate surface area is 117 Å². The van der Waals surface area contributed by atoms with Gasteiger partial charge in [0.05, 0.1) is 16.7 Å². The van der Waals surface area contributed by atoms with Crippen molar-refractivity contribution in [1.82, 2.24) is 0 Å². The summed E-state index contributed by atoms with van der Waals surface area (Å²) in [6.07, 6.45) is 0. The SMILES string of the molecule is N#Cc1cc(F)cc(Nc2ccc(Cl)c(Br)c2)c1. The second kappa shape index (κ2) is 5.38. The molecule has 0 bridgehead atoms. The van der Waals surface area contributed by atoms with E-state index in [1.54, 1.807) is 24.3 Å². The highest BCUT2D eigenvalue weighted by Gasteiger charge is 2.03. The van der Waals surface area contributed by atoms with Gasteiger partial charge >= 0.3 is 0 Å². The van der Waals surface area contributed by atoms with Crippen LogP contribution in [-0.4, -0.2) is 0 Å². The van der Waals surface area contributed by atoms with Crippen LogP contribution in [0, 0.1) is 17.1 Å². The highest BCUT2D eigenvalue weighted by molar-refractivity contribution is 9.10. The molecule has 2 aromatic rings. The average Bonchev–Trinajstić information content (AvgIpc) is 2.33. The zero-order chi connectivity index (χ0) is 13.1. The van der Waals surface area contributed by atoms with Crippen molar-refractivity contribution in [3.05, 3.63) is 57.3 Å². The molecule has 0 aromatic heterocycles. The van der Waals surface area contributed by atoms with Gasteiger partial charge in [0.25, 0.3) is 0 Å². The molecule has 0 radical (unpaired) electrons. The predicted molar refractivity (Wildman–Crippen MR) is 73.5 cm³/mol. The molecule has 2 nitrogen and oxygen atoms in total. The van der Waals surface area contributed by atoms with E-state index < -0.39 is 5.82 Å². The van der Waals surface area contributed by atoms with Crippen LogP contribution in [0.25, 0.3) is 0 Å². The molecule has 0 saturated heterocycles. The zero-order valence-electron chi connectivity index (χ0n) is 9.05. The molecular formula is C13H7BrClFN2. The van der Waals surface area contributed by atoms with Gasteiger partial charge in [-0.05, 0) is 52.3 Å². The molecule has 0 aliphatic rings. The third-order valence-electron chi connectivity index (χ3n) is 2.24. The van der Waals surface area contributed by atoms with Crippen LogP contribution in [0.1, 0.15) is 5.56 Å². The highest BCUT2D eigenvalue weighted by Crippen LogP contribution is 2.27. The molecule has 0 heterocycles. The van der Waals surface area contributed by atoms with Gasteiger partial charge in [0, 0.05) is 15.8 Å². The van der Waals surface area contributed by atoms with Crippen molar-refractivity contribution < 1.29 is 4.39 Å². The normalized spacial score (nSPS) is 9.89. The Hall–Kier alpha value is -1.57. The van der Waals surface area contributed by atoms with Crippen LogP contribution in [0.3, 0.4) is 0 Å². The molecule has 2 aromatic carbocycles. The molecule has 90 valence electrons. The fourth-order valence-corrected chi connectivity index (χ4v) is 1.96. The molecule has 0 spiro atoms. The van der Waals surface area contributed by atoms with Crippen LogP contribution in [0.2, 0.25) is 5.02 Å². The van der Waals surface area contributed by atoms with Gasteiger partial charge in [-0.2, -0.15) is 5.26 Å². The number of rotatable bonds is 2. The first-order chi connectivity index (χ1) is 8.58. The standard InChI is InChI=1S/C13H7BrClFN2/c14-12-6-10(1-2-13(12)15)18-11-4-8(7-17)3-9(16)5-11/h1-6,18H. The summed E-state index contributed by atoms with van der Waals surface area (Å²) in [6, 6.07) is 11.3. The first-order valence-electron chi connectivity index (χ1n) is 5.01. The van der Waals surface area contributed by atoms with E-state index in [0.29, 0.717) is 10.7 Å². The maximum absolute atomic E-state index is 13.2. The second-order valence-electron chi connectivity index (χ2n) is 3.59. The smallest absolute Gasteiger partial charge is 0.126 e. The Morgan fingerprint density at radius 3 is 2.61 bits per heavy atom. The number of halogens is 3. The predicted octanol–water partition coefficient (Wildman–Crippen LogP) is 4.86. The molecule has 0 unspecified atom stereocenters. The molecular weight excluding hydrogens is 319 g/mol. The second-order valence-corrected chi connectivity index (χ2v) is 4.86. The summed E-state index contributed by atoms with van der Waals surface area (Å²) in [5.74, 6) is -0.454. The maximum atomic E-state index is 13.2. The minimum absolute atomic E-state index is 0.269. The van der Waals surface area contributed by atoms with Crippen molar-refractivity contribution in [2.75, 3.05) is 5.32 Å². The minimum Gasteiger partial charge on any atom is -0.355 e. The van der Waals surface area contributed by atoms with E-state index >= 15 is 0 Å². The van der Waals surface area contributed by atoms with E-state index in [9.17, 15) is 4.39 Å². The van der Waals surface area contributed by atoms with Gasteiger partial charge in [0.2, 0.25) is 0 Å². The minimum atomic E-state index is -0.454. The first-order valence-corrected chi connectivity index (χ1v) is 6.18. The molecule has 5 heteroatoms. The molecule has 0 saturated carbocycles. The van der Waals surface area contributed by atoms with Gasteiger partial charge in [-0.25, -0.2) is 4.39 Å². The number of nitriles is 1. The summed E-state index contributed by atoms with van der Waals surface area (Å²) in [5.41, 5.74) is 1.53. The third-order valence-corrected chi connectivity index (χ3v) is 3.45. The van der Waals surface area contributed by atoms with Gasteiger partial charge < -0.3 is 5.32 Å². The Morgan fingerprint density at radius 1 is 1.17 bits per heavy atom. The lowest BCUT2D eigenvalue weighted by molar-refractivity contribution is 0.628. The Kier molecular flexibility index (Phi) is 3.85. The maximum Gasteiger partial charge on any atom is 0.126 e. The Morgan fingerprint density at radius 2 is 1.94 bits per heavy atom. The van der Waals surface area contributed by atoms with E-state index in [1.165, 1.54) is 12.1 Å². The van der Waals surface area contributed by atoms with Crippen molar-refractivity contribution >= 4 is 38.9 Å². The van der Waals surface area contributed by atoms with Crippen LogP contribution in [0.15, 0.2) is 40.9 Å². The molecule has 18 heavy (non-hydrogen) atoms. The van der Waals surface area contributed by atoms with E-state index in [4.69, 9.17) is 16.9 Å². The summed E-state index contributed by atoms with van der Waals surface area (Å²) >= 11 is 9.18. The third kappa shape index (κ3) is 3.00. The Balaban J connectivity index is 2.31. The van der Waals surface area contributed by atoms with Crippen molar-refractivity contribution in [1.29, 1.82) is 5.26 Å². The summed E-state index contributed by atoms with van der Waals surface area (Å²) in [6.45, 7) is 0. The van der Waals surface area contributed by atoms with E-state index in [0.717, 1.165) is 10.2 Å². The topological polar surface area (TPSA) is 35.8 Å². The van der Waals surface area contributed by atoms with Gasteiger partial charge in [-0.3, -0.25) is 0 Å². The number of anilines is 2. The summed E-state index contributed by atoms with van der Waals surface area (Å²) < 4.78 is 14.0. The van der Waals surface area contributed by atoms with E-state index in [-0.39, 0.29) is 5.56 Å². The van der Waals surface area contributed by atoms with E-state index in [1.807, 2.05) is 6.07 Å². The molecule has 0 aliphatic heterocycles. The summed E-state index contributed by atoms with van der Waals surface area (Å²) in [4.78, 5) is 0. The van der Waals surface area contributed by atoms with Gasteiger partial charge in [-0.15, -0.1) is 0 Å². The van der Waals surface area contributed by atoms with Crippen molar-refractivity contribution in [3.8, 4) is 6.07 Å². The monoisotopic (exact) mass is 324 g/mol. The number of benzene rings is 2. The number of nitrogens with zero attached hydrogens (tertiary/aromatic N) is 1. The first kappa shape index (κ1) is 12.9. The highest BCUT2D eigenvalue weighted by atomic mass is 79.9. The van der Waals surface area contributed by atoms with Gasteiger partial charge in [-0.1, -0.05) is 11.6 Å². The quantitative estimate of drug-likeness (QED) is 0.856. The molecule has 2 rings (SSSR count). The molecule has 0 fully saturated rings. The zero-order valence-corrected chi connectivity index (χ0v) is 11.4. The lowest BCUT2D eigenvalue weighted by Crippen LogP contribution is -1.92. The lowest BCUT2D eigenvalue weighted by atomic mass is 10.2. The molecule has 0 aliphatic carbocycles. The van der Waals surface area contributed by atoms with Crippen LogP contribution < -0.4 is 5.32 Å². The molecule has 1 N–H and O–H groups in total. The van der Waals surface area contributed by atoms with Crippen LogP contribution in [0.4, 0.5) is 15.8 Å². The molecule has 0 amide bonds. The summed E-state index contributed by atoms with van der Waals surface area (Å²) in [5, 5.41) is 12.4. The number of hydrogen-bond donors (Lipinski definition) is 1. The van der Waals surface area contributed by atoms with Crippen molar-refractivity contribution in [3.63, 3.8) is 0 Å². The Bertz CT molecular complexity index is 637. The van der Waals surface area contributed by atoms with Crippen LogP contribution in [-0.2, 0) is 0 Å². The largest absolute Gasteiger partial charge is 0.355 e. The summed E-state index contributed by atoms with van der Waals surface area (Å²) in [7, 11) is 0. The fraction of sp³-hybridized carbons (Fsp3) is 0. The van der Waals surface area contributed by atoms with Crippen molar-refractivity contribution in [2.45, 2.75) is 0 Å². The average molecular weight is 326 g/mol. The van der Waals surface area contributed by atoms with E-state index in [2.05, 4.69) is 21.2 Å². The van der Waals surface area contributed by atoms with Crippen LogP contribution >= 0.6 is 27.5 Å². The van der Waals surface area contributed by atoms with Gasteiger partial charge in [0.15, 0.2) is 0 Å². The number of hydrogen-bond acceptors (Lipinski definition) is 2. The lowest BCUT2D eigenvalue weighted by Gasteiger charge is -2.08. The number of nitrogens with one attached hydrogen (secondary N) is 1. The molecule has 0 atom stereocenters. The van der Waals surface area contributed by atoms with Gasteiger partial charge in [0.1, 0.15) is 5.82 Å². The van der Waals surface area contributed by atoms with Crippen LogP contribution in [0.5, 0.6) is 0 Å². The fourth-order valence-electron chi connectivity index (χ4n) is 1.47. The van der Waals surface area contributed by atoms with Crippen molar-refractivity contribution in [2.24, 2.45) is 0 Å².